The SMILES string of the molecule is N#CC12CC(c3nc4ccccc4o3)(C1)C2. The van der Waals surface area contributed by atoms with Gasteiger partial charge in [-0.1, -0.05) is 12.1 Å². The minimum absolute atomic E-state index is 0.0410. The normalized spacial score (nSPS) is 35.2. The summed E-state index contributed by atoms with van der Waals surface area (Å²) in [4.78, 5) is 4.53. The van der Waals surface area contributed by atoms with Crippen molar-refractivity contribution in [2.75, 3.05) is 0 Å². The van der Waals surface area contributed by atoms with E-state index in [2.05, 4.69) is 11.1 Å². The number of para-hydroxylation sites is 2. The summed E-state index contributed by atoms with van der Waals surface area (Å²) in [6.07, 6.45) is 2.80. The van der Waals surface area contributed by atoms with Crippen LogP contribution >= 0.6 is 0 Å². The Morgan fingerprint density at radius 3 is 2.69 bits per heavy atom. The molecule has 78 valence electrons. The van der Waals surface area contributed by atoms with Gasteiger partial charge in [-0.15, -0.1) is 0 Å². The fourth-order valence-electron chi connectivity index (χ4n) is 3.23. The molecule has 1 aromatic heterocycles. The third kappa shape index (κ3) is 0.780. The predicted molar refractivity (Wildman–Crippen MR) is 57.6 cm³/mol. The number of hydrogen-bond acceptors (Lipinski definition) is 3. The van der Waals surface area contributed by atoms with Gasteiger partial charge in [-0.05, 0) is 31.4 Å². The van der Waals surface area contributed by atoms with Crippen LogP contribution in [0.4, 0.5) is 0 Å². The molecule has 0 N–H and O–H groups in total. The first-order valence-electron chi connectivity index (χ1n) is 5.53. The fourth-order valence-corrected chi connectivity index (χ4v) is 3.23. The number of nitriles is 1. The number of benzene rings is 1. The molecule has 3 saturated carbocycles. The molecule has 0 radical (unpaired) electrons. The summed E-state index contributed by atoms with van der Waals surface area (Å²) in [6, 6.07) is 10.2. The standard InChI is InChI=1S/C13H10N2O/c14-8-12-5-13(6-12,7-12)11-15-9-3-1-2-4-10(9)16-11/h1-4H,5-7H2. The number of hydrogen-bond donors (Lipinski definition) is 0. The number of rotatable bonds is 1. The van der Waals surface area contributed by atoms with Gasteiger partial charge in [0, 0.05) is 0 Å². The lowest BCUT2D eigenvalue weighted by Crippen LogP contribution is -2.63. The van der Waals surface area contributed by atoms with Crippen LogP contribution in [0.1, 0.15) is 25.2 Å². The van der Waals surface area contributed by atoms with Gasteiger partial charge in [0.1, 0.15) is 5.52 Å². The molecule has 3 heteroatoms. The molecule has 0 unspecified atom stereocenters. The third-order valence-electron chi connectivity index (χ3n) is 4.02. The van der Waals surface area contributed by atoms with E-state index in [1.54, 1.807) is 0 Å². The minimum Gasteiger partial charge on any atom is -0.440 e. The highest BCUT2D eigenvalue weighted by atomic mass is 16.3. The maximum Gasteiger partial charge on any atom is 0.201 e. The van der Waals surface area contributed by atoms with Crippen LogP contribution in [-0.4, -0.2) is 4.98 Å². The van der Waals surface area contributed by atoms with Crippen LogP contribution in [0.2, 0.25) is 0 Å². The van der Waals surface area contributed by atoms with Gasteiger partial charge < -0.3 is 4.42 Å². The predicted octanol–water partition coefficient (Wildman–Crippen LogP) is 2.77. The van der Waals surface area contributed by atoms with E-state index in [1.165, 1.54) is 0 Å². The summed E-state index contributed by atoms with van der Waals surface area (Å²) in [5, 5.41) is 8.98. The second-order valence-corrected chi connectivity index (χ2v) is 5.19. The van der Waals surface area contributed by atoms with Crippen molar-refractivity contribution in [3.63, 3.8) is 0 Å². The van der Waals surface area contributed by atoms with Gasteiger partial charge in [-0.25, -0.2) is 4.98 Å². The highest BCUT2D eigenvalue weighted by Gasteiger charge is 2.71. The van der Waals surface area contributed by atoms with Crippen LogP contribution < -0.4 is 0 Å². The van der Waals surface area contributed by atoms with E-state index in [9.17, 15) is 0 Å². The van der Waals surface area contributed by atoms with E-state index in [-0.39, 0.29) is 10.8 Å². The Hall–Kier alpha value is -1.82. The topological polar surface area (TPSA) is 49.8 Å². The van der Waals surface area contributed by atoms with Gasteiger partial charge >= 0.3 is 0 Å². The molecular weight excluding hydrogens is 200 g/mol. The van der Waals surface area contributed by atoms with E-state index < -0.39 is 0 Å². The van der Waals surface area contributed by atoms with E-state index in [0.717, 1.165) is 36.3 Å². The second kappa shape index (κ2) is 2.30. The van der Waals surface area contributed by atoms with Gasteiger partial charge in [-0.3, -0.25) is 0 Å². The van der Waals surface area contributed by atoms with E-state index in [1.807, 2.05) is 24.3 Å². The average molecular weight is 210 g/mol. The van der Waals surface area contributed by atoms with Gasteiger partial charge in [0.05, 0.1) is 16.9 Å². The molecule has 3 aliphatic carbocycles. The summed E-state index contributed by atoms with van der Waals surface area (Å²) < 4.78 is 5.78. The lowest BCUT2D eigenvalue weighted by molar-refractivity contribution is -0.108. The fraction of sp³-hybridized carbons (Fsp3) is 0.385. The molecule has 0 saturated heterocycles. The molecule has 0 spiro atoms. The summed E-state index contributed by atoms with van der Waals surface area (Å²) in [6.45, 7) is 0. The highest BCUT2D eigenvalue weighted by Crippen LogP contribution is 2.73. The maximum atomic E-state index is 8.98. The summed E-state index contributed by atoms with van der Waals surface area (Å²) >= 11 is 0. The molecule has 5 rings (SSSR count). The molecule has 0 atom stereocenters. The van der Waals surface area contributed by atoms with Gasteiger partial charge in [0.15, 0.2) is 5.58 Å². The molecule has 2 bridgehead atoms. The number of fused-ring (bicyclic) bond motifs is 1. The molecule has 3 fully saturated rings. The summed E-state index contributed by atoms with van der Waals surface area (Å²) in [5.74, 6) is 0.839. The molecular formula is C13H10N2O. The second-order valence-electron chi connectivity index (χ2n) is 5.19. The zero-order valence-corrected chi connectivity index (χ0v) is 8.73. The van der Waals surface area contributed by atoms with Gasteiger partial charge in [0.25, 0.3) is 0 Å². The Kier molecular flexibility index (Phi) is 1.20. The monoisotopic (exact) mass is 210 g/mol. The Morgan fingerprint density at radius 1 is 1.25 bits per heavy atom. The zero-order chi connectivity index (χ0) is 10.8. The smallest absolute Gasteiger partial charge is 0.201 e. The zero-order valence-electron chi connectivity index (χ0n) is 8.73. The van der Waals surface area contributed by atoms with Gasteiger partial charge in [0.2, 0.25) is 5.89 Å². The Bertz CT molecular complexity index is 582. The van der Waals surface area contributed by atoms with Crippen LogP contribution in [0, 0.1) is 16.7 Å². The quantitative estimate of drug-likeness (QED) is 0.727. The van der Waals surface area contributed by atoms with Crippen molar-refractivity contribution in [2.45, 2.75) is 24.7 Å². The van der Waals surface area contributed by atoms with Crippen molar-refractivity contribution < 1.29 is 4.42 Å². The molecule has 3 nitrogen and oxygen atoms in total. The van der Waals surface area contributed by atoms with Crippen LogP contribution in [0.5, 0.6) is 0 Å². The maximum absolute atomic E-state index is 8.98. The minimum atomic E-state index is -0.0410. The summed E-state index contributed by atoms with van der Waals surface area (Å²) in [5.41, 5.74) is 1.83. The van der Waals surface area contributed by atoms with E-state index in [0.29, 0.717) is 0 Å². The van der Waals surface area contributed by atoms with Crippen LogP contribution in [0.3, 0.4) is 0 Å². The van der Waals surface area contributed by atoms with Crippen LogP contribution in [0.25, 0.3) is 11.1 Å². The van der Waals surface area contributed by atoms with Gasteiger partial charge in [-0.2, -0.15) is 5.26 Å². The van der Waals surface area contributed by atoms with Crippen molar-refractivity contribution >= 4 is 11.1 Å². The Balaban J connectivity index is 1.78. The van der Waals surface area contributed by atoms with Crippen LogP contribution in [0.15, 0.2) is 28.7 Å². The van der Waals surface area contributed by atoms with Crippen molar-refractivity contribution in [3.05, 3.63) is 30.2 Å². The number of oxazole rings is 1. The van der Waals surface area contributed by atoms with Crippen molar-refractivity contribution in [2.24, 2.45) is 5.41 Å². The molecule has 2 aromatic rings. The van der Waals surface area contributed by atoms with Crippen molar-refractivity contribution in [1.82, 2.24) is 4.98 Å². The lowest BCUT2D eigenvalue weighted by atomic mass is 9.35. The first-order valence-corrected chi connectivity index (χ1v) is 5.53. The van der Waals surface area contributed by atoms with Crippen molar-refractivity contribution in [1.29, 1.82) is 5.26 Å². The molecule has 16 heavy (non-hydrogen) atoms. The molecule has 1 aromatic carbocycles. The molecule has 1 heterocycles. The van der Waals surface area contributed by atoms with E-state index >= 15 is 0 Å². The molecule has 0 aliphatic heterocycles. The average Bonchev–Trinajstić information content (AvgIpc) is 2.57. The van der Waals surface area contributed by atoms with E-state index in [4.69, 9.17) is 9.68 Å². The number of nitrogens with zero attached hydrogens (tertiary/aromatic N) is 2. The third-order valence-corrected chi connectivity index (χ3v) is 4.02. The molecule has 0 amide bonds. The molecule has 3 aliphatic rings. The highest BCUT2D eigenvalue weighted by molar-refractivity contribution is 5.72. The van der Waals surface area contributed by atoms with Crippen LogP contribution in [-0.2, 0) is 5.41 Å². The largest absolute Gasteiger partial charge is 0.440 e. The number of aromatic nitrogens is 1. The van der Waals surface area contributed by atoms with Crippen molar-refractivity contribution in [3.8, 4) is 6.07 Å². The first kappa shape index (κ1) is 8.35. The summed E-state index contributed by atoms with van der Waals surface area (Å²) in [7, 11) is 0. The Morgan fingerprint density at radius 2 is 2.00 bits per heavy atom. The lowest BCUT2D eigenvalue weighted by Gasteiger charge is -2.65. The first-order chi connectivity index (χ1) is 7.75. The Labute approximate surface area is 92.7 Å².